The van der Waals surface area contributed by atoms with Gasteiger partial charge in [0.1, 0.15) is 0 Å². The molecule has 1 aliphatic heterocycles. The number of nitrogens with one attached hydrogen (secondary N) is 1. The van der Waals surface area contributed by atoms with Gasteiger partial charge in [0.05, 0.1) is 5.92 Å². The number of urea groups is 1. The fraction of sp³-hybridized carbons (Fsp3) is 0.500. The molecule has 1 saturated heterocycles. The highest BCUT2D eigenvalue weighted by molar-refractivity contribution is 5.80. The number of aliphatic carboxylic acids is 1. The van der Waals surface area contributed by atoms with Crippen LogP contribution < -0.4 is 11.1 Å². The molecule has 0 radical (unpaired) electrons. The Kier molecular flexibility index (Phi) is 6.80. The lowest BCUT2D eigenvalue weighted by molar-refractivity contribution is -0.137. The Hall–Kier alpha value is -2.57. The molecule has 136 valence electrons. The molecule has 0 spiro atoms. The van der Waals surface area contributed by atoms with Gasteiger partial charge in [0.2, 0.25) is 5.91 Å². The van der Waals surface area contributed by atoms with E-state index >= 15 is 0 Å². The fourth-order valence-electron chi connectivity index (χ4n) is 3.13. The van der Waals surface area contributed by atoms with Crippen LogP contribution in [0, 0.1) is 5.92 Å². The lowest BCUT2D eigenvalue weighted by Gasteiger charge is -2.31. The van der Waals surface area contributed by atoms with Gasteiger partial charge in [-0.3, -0.25) is 9.59 Å². The maximum atomic E-state index is 12.6. The number of amides is 3. The van der Waals surface area contributed by atoms with Crippen LogP contribution in [0.25, 0.3) is 0 Å². The van der Waals surface area contributed by atoms with Crippen LogP contribution in [0.2, 0.25) is 0 Å². The quantitative estimate of drug-likeness (QED) is 0.691. The number of carbonyl (C=O) groups is 3. The number of benzene rings is 1. The van der Waals surface area contributed by atoms with Crippen LogP contribution in [0.4, 0.5) is 4.79 Å². The molecule has 2 unspecified atom stereocenters. The Bertz CT molecular complexity index is 606. The lowest BCUT2D eigenvalue weighted by atomic mass is 9.95. The maximum absolute atomic E-state index is 12.6. The van der Waals surface area contributed by atoms with E-state index in [0.717, 1.165) is 12.0 Å². The van der Waals surface area contributed by atoms with Crippen molar-refractivity contribution in [3.63, 3.8) is 0 Å². The first-order valence-corrected chi connectivity index (χ1v) is 8.56. The molecule has 1 aliphatic rings. The summed E-state index contributed by atoms with van der Waals surface area (Å²) in [5.74, 6) is -1.33. The zero-order valence-corrected chi connectivity index (χ0v) is 14.2. The first kappa shape index (κ1) is 18.8. The molecule has 7 nitrogen and oxygen atoms in total. The normalized spacial score (nSPS) is 18.4. The minimum absolute atomic E-state index is 0.00411. The van der Waals surface area contributed by atoms with Gasteiger partial charge in [-0.25, -0.2) is 4.79 Å². The number of carboxylic acids is 1. The summed E-state index contributed by atoms with van der Waals surface area (Å²) in [6.07, 6.45) is 2.37. The first-order valence-electron chi connectivity index (χ1n) is 8.56. The highest BCUT2D eigenvalue weighted by Gasteiger charge is 2.28. The van der Waals surface area contributed by atoms with Crippen molar-refractivity contribution >= 4 is 17.9 Å². The minimum Gasteiger partial charge on any atom is -0.481 e. The van der Waals surface area contributed by atoms with Crippen molar-refractivity contribution in [1.29, 1.82) is 0 Å². The van der Waals surface area contributed by atoms with E-state index in [1.165, 1.54) is 4.90 Å². The number of piperidine rings is 1. The van der Waals surface area contributed by atoms with Crippen LogP contribution in [0.15, 0.2) is 30.3 Å². The molecule has 2 atom stereocenters. The van der Waals surface area contributed by atoms with Crippen molar-refractivity contribution in [2.24, 2.45) is 11.7 Å². The second kappa shape index (κ2) is 9.05. The number of carbonyl (C=O) groups excluding carboxylic acids is 2. The van der Waals surface area contributed by atoms with Crippen LogP contribution in [0.5, 0.6) is 0 Å². The van der Waals surface area contributed by atoms with Crippen molar-refractivity contribution in [3.05, 3.63) is 35.9 Å². The molecule has 1 fully saturated rings. The molecule has 7 heteroatoms. The molecule has 3 amide bonds. The Morgan fingerprint density at radius 3 is 2.64 bits per heavy atom. The van der Waals surface area contributed by atoms with Gasteiger partial charge in [0.15, 0.2) is 0 Å². The number of likely N-dealkylation sites (tertiary alicyclic amines) is 1. The number of carboxylic acid groups (broad SMARTS) is 1. The van der Waals surface area contributed by atoms with Crippen LogP contribution in [0.3, 0.4) is 0 Å². The van der Waals surface area contributed by atoms with Crippen molar-refractivity contribution in [2.75, 3.05) is 13.1 Å². The molecule has 0 aromatic heterocycles. The van der Waals surface area contributed by atoms with Crippen molar-refractivity contribution in [3.8, 4) is 0 Å². The highest BCUT2D eigenvalue weighted by Crippen LogP contribution is 2.17. The third-order valence-corrected chi connectivity index (χ3v) is 4.48. The van der Waals surface area contributed by atoms with Crippen LogP contribution in [-0.4, -0.2) is 47.0 Å². The van der Waals surface area contributed by atoms with E-state index in [2.05, 4.69) is 5.32 Å². The summed E-state index contributed by atoms with van der Waals surface area (Å²) in [6.45, 7) is 0.893. The van der Waals surface area contributed by atoms with E-state index in [4.69, 9.17) is 10.8 Å². The summed E-state index contributed by atoms with van der Waals surface area (Å²) in [7, 11) is 0. The number of hydrogen-bond donors (Lipinski definition) is 3. The number of primary amides is 1. The maximum Gasteiger partial charge on any atom is 0.314 e. The summed E-state index contributed by atoms with van der Waals surface area (Å²) >= 11 is 0. The van der Waals surface area contributed by atoms with Gasteiger partial charge >= 0.3 is 12.0 Å². The Morgan fingerprint density at radius 1 is 1.28 bits per heavy atom. The Morgan fingerprint density at radius 2 is 2.00 bits per heavy atom. The van der Waals surface area contributed by atoms with E-state index in [1.807, 2.05) is 30.3 Å². The van der Waals surface area contributed by atoms with Gasteiger partial charge in [-0.05, 0) is 31.2 Å². The van der Waals surface area contributed by atoms with E-state index in [9.17, 15) is 14.4 Å². The SMILES string of the molecule is NC(=O)N1CCCC(C(=O)NC(CCC(=O)O)Cc2ccccc2)C1. The van der Waals surface area contributed by atoms with Gasteiger partial charge in [0.25, 0.3) is 0 Å². The van der Waals surface area contributed by atoms with Crippen molar-refractivity contribution < 1.29 is 19.5 Å². The molecule has 0 saturated carbocycles. The summed E-state index contributed by atoms with van der Waals surface area (Å²) in [4.78, 5) is 36.3. The molecule has 25 heavy (non-hydrogen) atoms. The fourth-order valence-corrected chi connectivity index (χ4v) is 3.13. The Labute approximate surface area is 147 Å². The topological polar surface area (TPSA) is 113 Å². The average molecular weight is 347 g/mol. The third kappa shape index (κ3) is 6.10. The second-order valence-corrected chi connectivity index (χ2v) is 6.45. The van der Waals surface area contributed by atoms with Crippen molar-refractivity contribution in [2.45, 2.75) is 38.1 Å². The lowest BCUT2D eigenvalue weighted by Crippen LogP contribution is -2.49. The zero-order valence-electron chi connectivity index (χ0n) is 14.2. The smallest absolute Gasteiger partial charge is 0.314 e. The van der Waals surface area contributed by atoms with Gasteiger partial charge in [-0.15, -0.1) is 0 Å². The van der Waals surface area contributed by atoms with Crippen LogP contribution >= 0.6 is 0 Å². The molecule has 1 heterocycles. The summed E-state index contributed by atoms with van der Waals surface area (Å²) in [6, 6.07) is 8.88. The van der Waals surface area contributed by atoms with E-state index < -0.39 is 12.0 Å². The monoisotopic (exact) mass is 347 g/mol. The predicted molar refractivity (Wildman–Crippen MR) is 92.8 cm³/mol. The molecule has 2 rings (SSSR count). The van der Waals surface area contributed by atoms with Crippen LogP contribution in [-0.2, 0) is 16.0 Å². The number of nitrogens with zero attached hydrogens (tertiary/aromatic N) is 1. The third-order valence-electron chi connectivity index (χ3n) is 4.48. The highest BCUT2D eigenvalue weighted by atomic mass is 16.4. The predicted octanol–water partition coefficient (Wildman–Crippen LogP) is 1.37. The number of nitrogens with two attached hydrogens (primary N) is 1. The van der Waals surface area contributed by atoms with Gasteiger partial charge in [0, 0.05) is 25.6 Å². The molecular weight excluding hydrogens is 322 g/mol. The van der Waals surface area contributed by atoms with E-state index in [1.54, 1.807) is 0 Å². The molecule has 1 aromatic rings. The van der Waals surface area contributed by atoms with E-state index in [-0.39, 0.29) is 24.3 Å². The van der Waals surface area contributed by atoms with Gasteiger partial charge in [-0.1, -0.05) is 30.3 Å². The minimum atomic E-state index is -0.884. The van der Waals surface area contributed by atoms with Gasteiger partial charge in [-0.2, -0.15) is 0 Å². The second-order valence-electron chi connectivity index (χ2n) is 6.45. The van der Waals surface area contributed by atoms with Crippen LogP contribution in [0.1, 0.15) is 31.2 Å². The van der Waals surface area contributed by atoms with Gasteiger partial charge < -0.3 is 21.1 Å². The van der Waals surface area contributed by atoms with Crippen molar-refractivity contribution in [1.82, 2.24) is 10.2 Å². The number of rotatable bonds is 7. The standard InChI is InChI=1S/C18H25N3O4/c19-18(25)21-10-4-7-14(12-21)17(24)20-15(8-9-16(22)23)11-13-5-2-1-3-6-13/h1-3,5-6,14-15H,4,7-12H2,(H2,19,25)(H,20,24)(H,22,23). The Balaban J connectivity index is 1.97. The largest absolute Gasteiger partial charge is 0.481 e. The molecule has 0 bridgehead atoms. The number of hydrogen-bond acceptors (Lipinski definition) is 3. The summed E-state index contributed by atoms with van der Waals surface area (Å²) in [5.41, 5.74) is 6.35. The summed E-state index contributed by atoms with van der Waals surface area (Å²) < 4.78 is 0. The van der Waals surface area contributed by atoms with E-state index in [0.29, 0.717) is 32.4 Å². The first-order chi connectivity index (χ1) is 12.0. The summed E-state index contributed by atoms with van der Waals surface area (Å²) in [5, 5.41) is 11.9. The molecular formula is C18H25N3O4. The molecule has 0 aliphatic carbocycles. The molecule has 1 aromatic carbocycles. The zero-order chi connectivity index (χ0) is 18.2. The molecule has 4 N–H and O–H groups in total. The average Bonchev–Trinajstić information content (AvgIpc) is 2.60.